The van der Waals surface area contributed by atoms with Crippen LogP contribution in [0.15, 0.2) is 36.7 Å². The van der Waals surface area contributed by atoms with E-state index in [2.05, 4.69) is 28.9 Å². The monoisotopic (exact) mass is 270 g/mol. The molecule has 1 N–H and O–H groups in total. The molecular formula is C17H22N2O. The SMILES string of the molecule is CCCN1CCC(O)(c2cncc3ccccc23)CC1. The van der Waals surface area contributed by atoms with Crippen LogP contribution in [-0.2, 0) is 5.60 Å². The lowest BCUT2D eigenvalue weighted by molar-refractivity contribution is -0.0248. The van der Waals surface area contributed by atoms with E-state index in [1.807, 2.05) is 24.5 Å². The van der Waals surface area contributed by atoms with Crippen LogP contribution in [0.4, 0.5) is 0 Å². The fourth-order valence-electron chi connectivity index (χ4n) is 3.22. The molecule has 0 spiro atoms. The molecule has 106 valence electrons. The van der Waals surface area contributed by atoms with Gasteiger partial charge in [-0.25, -0.2) is 0 Å². The largest absolute Gasteiger partial charge is 0.385 e. The van der Waals surface area contributed by atoms with Crippen LogP contribution in [0, 0.1) is 0 Å². The second-order valence-electron chi connectivity index (χ2n) is 5.78. The summed E-state index contributed by atoms with van der Waals surface area (Å²) in [7, 11) is 0. The van der Waals surface area contributed by atoms with Crippen molar-refractivity contribution >= 4 is 10.8 Å². The number of aliphatic hydroxyl groups is 1. The fraction of sp³-hybridized carbons (Fsp3) is 0.471. The lowest BCUT2D eigenvalue weighted by Gasteiger charge is -2.38. The average molecular weight is 270 g/mol. The molecule has 1 aromatic carbocycles. The molecule has 1 aromatic heterocycles. The standard InChI is InChI=1S/C17H22N2O/c1-2-9-19-10-7-17(20,8-11-19)16-13-18-12-14-5-3-4-6-15(14)16/h3-6,12-13,20H,2,7-11H2,1H3. The maximum Gasteiger partial charge on any atom is 0.0941 e. The fourth-order valence-corrected chi connectivity index (χ4v) is 3.22. The highest BCUT2D eigenvalue weighted by Crippen LogP contribution is 2.36. The van der Waals surface area contributed by atoms with Crippen molar-refractivity contribution in [3.05, 3.63) is 42.2 Å². The normalized spacial score (nSPS) is 19.3. The molecule has 1 fully saturated rings. The summed E-state index contributed by atoms with van der Waals surface area (Å²) in [5.74, 6) is 0. The molecule has 3 nitrogen and oxygen atoms in total. The zero-order valence-corrected chi connectivity index (χ0v) is 12.0. The highest BCUT2D eigenvalue weighted by atomic mass is 16.3. The first-order chi connectivity index (χ1) is 9.73. The number of likely N-dealkylation sites (tertiary alicyclic amines) is 1. The minimum Gasteiger partial charge on any atom is -0.385 e. The van der Waals surface area contributed by atoms with Gasteiger partial charge in [-0.1, -0.05) is 31.2 Å². The van der Waals surface area contributed by atoms with Gasteiger partial charge in [0, 0.05) is 36.4 Å². The number of hydrogen-bond donors (Lipinski definition) is 1. The third kappa shape index (κ3) is 2.43. The predicted octanol–water partition coefficient (Wildman–Crippen LogP) is 2.93. The van der Waals surface area contributed by atoms with Crippen molar-refractivity contribution < 1.29 is 5.11 Å². The van der Waals surface area contributed by atoms with E-state index in [-0.39, 0.29) is 0 Å². The summed E-state index contributed by atoms with van der Waals surface area (Å²) in [4.78, 5) is 6.75. The Labute approximate surface area is 120 Å². The molecule has 0 radical (unpaired) electrons. The van der Waals surface area contributed by atoms with E-state index in [9.17, 15) is 5.11 Å². The highest BCUT2D eigenvalue weighted by Gasteiger charge is 2.35. The third-order valence-corrected chi connectivity index (χ3v) is 4.39. The highest BCUT2D eigenvalue weighted by molar-refractivity contribution is 5.85. The molecular weight excluding hydrogens is 248 g/mol. The molecule has 0 saturated carbocycles. The maximum atomic E-state index is 11.1. The van der Waals surface area contributed by atoms with Gasteiger partial charge in [0.1, 0.15) is 0 Å². The van der Waals surface area contributed by atoms with Crippen molar-refractivity contribution in [3.63, 3.8) is 0 Å². The van der Waals surface area contributed by atoms with Gasteiger partial charge < -0.3 is 10.0 Å². The van der Waals surface area contributed by atoms with Crippen molar-refractivity contribution in [3.8, 4) is 0 Å². The summed E-state index contributed by atoms with van der Waals surface area (Å²) in [6, 6.07) is 8.19. The molecule has 2 heterocycles. The van der Waals surface area contributed by atoms with Gasteiger partial charge in [-0.2, -0.15) is 0 Å². The predicted molar refractivity (Wildman–Crippen MR) is 81.6 cm³/mol. The minimum atomic E-state index is -0.724. The topological polar surface area (TPSA) is 36.4 Å². The van der Waals surface area contributed by atoms with Crippen LogP contribution in [0.3, 0.4) is 0 Å². The van der Waals surface area contributed by atoms with E-state index in [0.29, 0.717) is 0 Å². The lowest BCUT2D eigenvalue weighted by atomic mass is 9.83. The molecule has 0 aliphatic carbocycles. The third-order valence-electron chi connectivity index (χ3n) is 4.39. The van der Waals surface area contributed by atoms with Crippen LogP contribution in [0.2, 0.25) is 0 Å². The Kier molecular flexibility index (Phi) is 3.72. The number of hydrogen-bond acceptors (Lipinski definition) is 3. The van der Waals surface area contributed by atoms with Crippen LogP contribution in [0.5, 0.6) is 0 Å². The van der Waals surface area contributed by atoms with Crippen LogP contribution in [0.25, 0.3) is 10.8 Å². The average Bonchev–Trinajstić information content (AvgIpc) is 2.49. The Balaban J connectivity index is 1.91. The van der Waals surface area contributed by atoms with Gasteiger partial charge >= 0.3 is 0 Å². The van der Waals surface area contributed by atoms with Gasteiger partial charge in [-0.15, -0.1) is 0 Å². The molecule has 1 aliphatic rings. The van der Waals surface area contributed by atoms with Crippen molar-refractivity contribution in [2.75, 3.05) is 19.6 Å². The summed E-state index contributed by atoms with van der Waals surface area (Å²) >= 11 is 0. The molecule has 0 atom stereocenters. The summed E-state index contributed by atoms with van der Waals surface area (Å²) in [5.41, 5.74) is 0.268. The number of fused-ring (bicyclic) bond motifs is 1. The van der Waals surface area contributed by atoms with Crippen molar-refractivity contribution in [1.82, 2.24) is 9.88 Å². The molecule has 3 rings (SSSR count). The Morgan fingerprint density at radius 2 is 1.95 bits per heavy atom. The maximum absolute atomic E-state index is 11.1. The van der Waals surface area contributed by atoms with Crippen molar-refractivity contribution in [2.24, 2.45) is 0 Å². The number of piperidine rings is 1. The molecule has 0 bridgehead atoms. The first kappa shape index (κ1) is 13.5. The van der Waals surface area contributed by atoms with E-state index in [0.717, 1.165) is 48.8 Å². The van der Waals surface area contributed by atoms with E-state index in [1.165, 1.54) is 6.42 Å². The number of nitrogens with zero attached hydrogens (tertiary/aromatic N) is 2. The smallest absolute Gasteiger partial charge is 0.0941 e. The van der Waals surface area contributed by atoms with Crippen LogP contribution >= 0.6 is 0 Å². The Morgan fingerprint density at radius 3 is 2.70 bits per heavy atom. The molecule has 2 aromatic rings. The van der Waals surface area contributed by atoms with E-state index < -0.39 is 5.60 Å². The zero-order chi connectivity index (χ0) is 14.0. The Morgan fingerprint density at radius 1 is 1.20 bits per heavy atom. The zero-order valence-electron chi connectivity index (χ0n) is 12.0. The summed E-state index contributed by atoms with van der Waals surface area (Å²) < 4.78 is 0. The first-order valence-electron chi connectivity index (χ1n) is 7.51. The Bertz CT molecular complexity index is 583. The summed E-state index contributed by atoms with van der Waals surface area (Å²) in [6.45, 7) is 5.26. The minimum absolute atomic E-state index is 0.724. The van der Waals surface area contributed by atoms with Gasteiger partial charge in [-0.3, -0.25) is 4.98 Å². The van der Waals surface area contributed by atoms with Crippen LogP contribution in [0.1, 0.15) is 31.7 Å². The lowest BCUT2D eigenvalue weighted by Crippen LogP contribution is -2.42. The second kappa shape index (κ2) is 5.51. The van der Waals surface area contributed by atoms with Gasteiger partial charge in [0.25, 0.3) is 0 Å². The molecule has 20 heavy (non-hydrogen) atoms. The van der Waals surface area contributed by atoms with Crippen molar-refractivity contribution in [2.45, 2.75) is 31.8 Å². The van der Waals surface area contributed by atoms with Gasteiger partial charge in [0.2, 0.25) is 0 Å². The molecule has 0 unspecified atom stereocenters. The molecule has 0 amide bonds. The molecule has 1 saturated heterocycles. The molecule has 1 aliphatic heterocycles. The summed E-state index contributed by atoms with van der Waals surface area (Å²) in [6.07, 6.45) is 6.48. The Hall–Kier alpha value is -1.45. The number of pyridine rings is 1. The van der Waals surface area contributed by atoms with E-state index in [4.69, 9.17) is 0 Å². The number of aromatic nitrogens is 1. The van der Waals surface area contributed by atoms with Gasteiger partial charge in [-0.05, 0) is 31.2 Å². The van der Waals surface area contributed by atoms with Gasteiger partial charge in [0.05, 0.1) is 5.60 Å². The van der Waals surface area contributed by atoms with Crippen LogP contribution in [-0.4, -0.2) is 34.6 Å². The summed E-state index contributed by atoms with van der Waals surface area (Å²) in [5, 5.41) is 13.3. The number of benzene rings is 1. The van der Waals surface area contributed by atoms with Crippen LogP contribution < -0.4 is 0 Å². The van der Waals surface area contributed by atoms with E-state index >= 15 is 0 Å². The second-order valence-corrected chi connectivity index (χ2v) is 5.78. The molecule has 3 heteroatoms. The van der Waals surface area contributed by atoms with E-state index in [1.54, 1.807) is 0 Å². The van der Waals surface area contributed by atoms with Crippen molar-refractivity contribution in [1.29, 1.82) is 0 Å². The number of rotatable bonds is 3. The first-order valence-corrected chi connectivity index (χ1v) is 7.51. The van der Waals surface area contributed by atoms with Gasteiger partial charge in [0.15, 0.2) is 0 Å². The quantitative estimate of drug-likeness (QED) is 0.931.